The van der Waals surface area contributed by atoms with Crippen molar-refractivity contribution in [1.29, 1.82) is 0 Å². The number of hydrogen-bond donors (Lipinski definition) is 1. The lowest BCUT2D eigenvalue weighted by atomic mass is 10.1. The van der Waals surface area contributed by atoms with E-state index < -0.39 is 0 Å². The standard InChI is InChI=1S/C11H14BrN3/c1-13-7-6-8-4-3-5-9-10(8)11(12)15(2)14-9/h3-5,13H,6-7H2,1-2H3. The first kappa shape index (κ1) is 10.6. The maximum Gasteiger partial charge on any atom is 0.111 e. The topological polar surface area (TPSA) is 29.9 Å². The van der Waals surface area contributed by atoms with Gasteiger partial charge in [-0.1, -0.05) is 12.1 Å². The summed E-state index contributed by atoms with van der Waals surface area (Å²) in [5.41, 5.74) is 2.39. The van der Waals surface area contributed by atoms with E-state index in [1.54, 1.807) is 0 Å². The molecule has 0 unspecified atom stereocenters. The van der Waals surface area contributed by atoms with E-state index >= 15 is 0 Å². The van der Waals surface area contributed by atoms with Gasteiger partial charge >= 0.3 is 0 Å². The van der Waals surface area contributed by atoms with E-state index in [2.05, 4.69) is 38.5 Å². The summed E-state index contributed by atoms with van der Waals surface area (Å²) < 4.78 is 2.93. The van der Waals surface area contributed by atoms with E-state index in [0.717, 1.165) is 23.1 Å². The van der Waals surface area contributed by atoms with E-state index in [1.165, 1.54) is 10.9 Å². The van der Waals surface area contributed by atoms with Crippen molar-refractivity contribution in [1.82, 2.24) is 15.1 Å². The highest BCUT2D eigenvalue weighted by atomic mass is 79.9. The number of rotatable bonds is 3. The molecule has 0 atom stereocenters. The second-order valence-corrected chi connectivity index (χ2v) is 4.33. The molecule has 0 aliphatic rings. The van der Waals surface area contributed by atoms with Gasteiger partial charge in [0, 0.05) is 12.4 Å². The third-order valence-electron chi connectivity index (χ3n) is 2.52. The molecule has 2 aromatic rings. The fourth-order valence-electron chi connectivity index (χ4n) is 1.74. The number of halogens is 1. The molecule has 0 bridgehead atoms. The number of benzene rings is 1. The van der Waals surface area contributed by atoms with Crippen LogP contribution < -0.4 is 5.32 Å². The van der Waals surface area contributed by atoms with Crippen molar-refractivity contribution in [2.75, 3.05) is 13.6 Å². The summed E-state index contributed by atoms with van der Waals surface area (Å²) in [5.74, 6) is 0. The van der Waals surface area contributed by atoms with Gasteiger partial charge in [-0.05, 0) is 47.6 Å². The normalized spacial score (nSPS) is 11.1. The number of likely N-dealkylation sites (N-methyl/N-ethyl adjacent to an activating group) is 1. The smallest absolute Gasteiger partial charge is 0.111 e. The molecule has 0 fully saturated rings. The first-order valence-electron chi connectivity index (χ1n) is 4.98. The highest BCUT2D eigenvalue weighted by molar-refractivity contribution is 9.10. The summed E-state index contributed by atoms with van der Waals surface area (Å²) in [6.07, 6.45) is 1.03. The molecule has 4 heteroatoms. The molecule has 3 nitrogen and oxygen atoms in total. The van der Waals surface area contributed by atoms with Gasteiger partial charge in [0.25, 0.3) is 0 Å². The van der Waals surface area contributed by atoms with Gasteiger partial charge in [0.2, 0.25) is 0 Å². The van der Waals surface area contributed by atoms with Crippen molar-refractivity contribution in [2.45, 2.75) is 6.42 Å². The Hall–Kier alpha value is -0.870. The Morgan fingerprint density at radius 1 is 1.47 bits per heavy atom. The molecule has 0 amide bonds. The van der Waals surface area contributed by atoms with E-state index in [0.29, 0.717) is 0 Å². The largest absolute Gasteiger partial charge is 0.319 e. The Morgan fingerprint density at radius 2 is 2.27 bits per heavy atom. The molecule has 1 aromatic heterocycles. The SMILES string of the molecule is CNCCc1cccc2nn(C)c(Br)c12. The molecule has 80 valence electrons. The summed E-state index contributed by atoms with van der Waals surface area (Å²) in [5, 5.41) is 8.83. The number of hydrogen-bond acceptors (Lipinski definition) is 2. The van der Waals surface area contributed by atoms with Crippen LogP contribution in [0.3, 0.4) is 0 Å². The molecule has 15 heavy (non-hydrogen) atoms. The van der Waals surface area contributed by atoms with Crippen LogP contribution in [0.5, 0.6) is 0 Å². The molecule has 0 saturated heterocycles. The fourth-order valence-corrected chi connectivity index (χ4v) is 2.28. The first-order valence-corrected chi connectivity index (χ1v) is 5.78. The Labute approximate surface area is 97.6 Å². The Morgan fingerprint density at radius 3 is 3.00 bits per heavy atom. The maximum absolute atomic E-state index is 4.43. The summed E-state index contributed by atoms with van der Waals surface area (Å²) in [4.78, 5) is 0. The summed E-state index contributed by atoms with van der Waals surface area (Å²) in [6.45, 7) is 0.987. The molecule has 0 saturated carbocycles. The molecular formula is C11H14BrN3. The molecule has 1 heterocycles. The second kappa shape index (κ2) is 4.33. The van der Waals surface area contributed by atoms with Gasteiger partial charge in [-0.25, -0.2) is 0 Å². The highest BCUT2D eigenvalue weighted by Gasteiger charge is 2.09. The van der Waals surface area contributed by atoms with E-state index in [9.17, 15) is 0 Å². The lowest BCUT2D eigenvalue weighted by Crippen LogP contribution is -2.10. The zero-order chi connectivity index (χ0) is 10.8. The van der Waals surface area contributed by atoms with Crippen LogP contribution in [0.15, 0.2) is 22.8 Å². The fraction of sp³-hybridized carbons (Fsp3) is 0.364. The Kier molecular flexibility index (Phi) is 3.07. The lowest BCUT2D eigenvalue weighted by molar-refractivity contribution is 0.760. The Bertz CT molecular complexity index is 476. The number of nitrogens with zero attached hydrogens (tertiary/aromatic N) is 2. The third-order valence-corrected chi connectivity index (χ3v) is 3.43. The molecule has 0 spiro atoms. The molecular weight excluding hydrogens is 254 g/mol. The van der Waals surface area contributed by atoms with Crippen LogP contribution in [0.4, 0.5) is 0 Å². The van der Waals surface area contributed by atoms with Crippen molar-refractivity contribution < 1.29 is 0 Å². The zero-order valence-corrected chi connectivity index (χ0v) is 10.5. The Balaban J connectivity index is 2.53. The molecule has 2 rings (SSSR count). The van der Waals surface area contributed by atoms with Crippen LogP contribution in [-0.2, 0) is 13.5 Å². The van der Waals surface area contributed by atoms with Crippen LogP contribution in [0.1, 0.15) is 5.56 Å². The summed E-state index contributed by atoms with van der Waals surface area (Å²) in [7, 11) is 3.92. The van der Waals surface area contributed by atoms with Crippen LogP contribution >= 0.6 is 15.9 Å². The number of fused-ring (bicyclic) bond motifs is 1. The highest BCUT2D eigenvalue weighted by Crippen LogP contribution is 2.26. The van der Waals surface area contributed by atoms with Crippen LogP contribution in [0.2, 0.25) is 0 Å². The monoisotopic (exact) mass is 267 g/mol. The summed E-state index contributed by atoms with van der Waals surface area (Å²) >= 11 is 3.57. The predicted molar refractivity (Wildman–Crippen MR) is 66.0 cm³/mol. The van der Waals surface area contributed by atoms with Crippen LogP contribution in [0, 0.1) is 0 Å². The lowest BCUT2D eigenvalue weighted by Gasteiger charge is -2.02. The third kappa shape index (κ3) is 1.92. The van der Waals surface area contributed by atoms with Gasteiger partial charge in [0.1, 0.15) is 4.60 Å². The van der Waals surface area contributed by atoms with Gasteiger partial charge in [-0.15, -0.1) is 0 Å². The average molecular weight is 268 g/mol. The van der Waals surface area contributed by atoms with Crippen molar-refractivity contribution in [3.8, 4) is 0 Å². The van der Waals surface area contributed by atoms with Gasteiger partial charge in [-0.3, -0.25) is 4.68 Å². The van der Waals surface area contributed by atoms with Gasteiger partial charge in [0.05, 0.1) is 5.52 Å². The van der Waals surface area contributed by atoms with Crippen LogP contribution in [-0.4, -0.2) is 23.4 Å². The van der Waals surface area contributed by atoms with E-state index in [1.807, 2.05) is 24.8 Å². The minimum Gasteiger partial charge on any atom is -0.319 e. The molecule has 1 aromatic carbocycles. The second-order valence-electron chi connectivity index (χ2n) is 3.58. The molecule has 0 radical (unpaired) electrons. The van der Waals surface area contributed by atoms with Crippen molar-refractivity contribution in [2.24, 2.45) is 7.05 Å². The minimum atomic E-state index is 0.987. The summed E-state index contributed by atoms with van der Waals surface area (Å²) in [6, 6.07) is 6.27. The van der Waals surface area contributed by atoms with E-state index in [-0.39, 0.29) is 0 Å². The van der Waals surface area contributed by atoms with Crippen molar-refractivity contribution in [3.63, 3.8) is 0 Å². The number of aryl methyl sites for hydroxylation is 1. The van der Waals surface area contributed by atoms with Crippen LogP contribution in [0.25, 0.3) is 10.9 Å². The molecule has 0 aliphatic heterocycles. The van der Waals surface area contributed by atoms with Gasteiger partial charge in [0.15, 0.2) is 0 Å². The predicted octanol–water partition coefficient (Wildman–Crippen LogP) is 2.10. The number of nitrogens with one attached hydrogen (secondary N) is 1. The quantitative estimate of drug-likeness (QED) is 0.923. The average Bonchev–Trinajstić information content (AvgIpc) is 2.53. The van der Waals surface area contributed by atoms with Gasteiger partial charge in [-0.2, -0.15) is 5.10 Å². The van der Waals surface area contributed by atoms with Crippen molar-refractivity contribution in [3.05, 3.63) is 28.4 Å². The first-order chi connectivity index (χ1) is 7.24. The number of aromatic nitrogens is 2. The van der Waals surface area contributed by atoms with Gasteiger partial charge < -0.3 is 5.32 Å². The zero-order valence-electron chi connectivity index (χ0n) is 8.92. The molecule has 0 aliphatic carbocycles. The molecule has 1 N–H and O–H groups in total. The van der Waals surface area contributed by atoms with Crippen molar-refractivity contribution >= 4 is 26.8 Å². The minimum absolute atomic E-state index is 0.987. The van der Waals surface area contributed by atoms with E-state index in [4.69, 9.17) is 0 Å². The maximum atomic E-state index is 4.43.